The molecule has 0 aliphatic rings. The number of aliphatic hydroxyl groups excluding tert-OH is 3. The number of aryl methyl sites for hydroxylation is 3. The van der Waals surface area contributed by atoms with Crippen LogP contribution in [0.25, 0.3) is 0 Å². The molecule has 12 atom stereocenters. The number of aliphatic carboxylic acids is 6. The monoisotopic (exact) mass is 1880 g/mol. The first-order valence-corrected chi connectivity index (χ1v) is 41.9. The smallest absolute Gasteiger partial charge is 0.328 e. The zero-order valence-corrected chi connectivity index (χ0v) is 75.8. The van der Waals surface area contributed by atoms with Gasteiger partial charge in [0.15, 0.2) is 0 Å². The van der Waals surface area contributed by atoms with E-state index in [2.05, 4.69) is 0 Å². The van der Waals surface area contributed by atoms with Crippen molar-refractivity contribution in [3.63, 3.8) is 0 Å². The standard InChI is InChI=1S/3C10H11NO.C9H10N2.2C9H11NO2.C8H7FN2.2C8H8FNO2.C8H8N2.2C8H9NO2/c3*11-8-10(12)7-6-9-4-2-1-3-5-9;1-9(11,7-10)8-5-3-2-4-6-8;2*1-9(10,8(11)12)7-5-3-2-4-6-7;9-7-3-1-6(2-4-7)8(11)5-10;2*9-6-3-1-5(2-4-6)7(10)8(11)12;9-6-8(10)7-4-2-1-3-5-7;2*9-7(8(10)11)6-4-2-1-3-5-6/h3*1-5,10,12H,6-7H2;2-6H,11H2,1H3;2*2-6H,10H2,1H3,(H,11,12);1-4,8H,11H2;2*1-4,7H,10H2,(H,11,12);1-5,8H,10H2;2*1-5,7H,9H2,(H,10,11)/t2*10-;;;2*9-;;2*7-;;2*7-/m10..10.10.10/s1. The van der Waals surface area contributed by atoms with Gasteiger partial charge in [-0.2, -0.15) is 31.6 Å². The van der Waals surface area contributed by atoms with Gasteiger partial charge in [0.05, 0.1) is 36.4 Å². The number of carboxylic acids is 6. The van der Waals surface area contributed by atoms with E-state index < -0.39 is 119 Å². The molecule has 0 radical (unpaired) electrons. The minimum atomic E-state index is -1.29. The number of halogens is 3. The molecule has 0 spiro atoms. The van der Waals surface area contributed by atoms with Gasteiger partial charge >= 0.3 is 35.8 Å². The van der Waals surface area contributed by atoms with Crippen LogP contribution in [-0.2, 0) is 64.6 Å². The van der Waals surface area contributed by atoms with Gasteiger partial charge in [-0.15, -0.1) is 0 Å². The lowest BCUT2D eigenvalue weighted by molar-refractivity contribution is -0.143. The number of hydrogen-bond acceptors (Lipinski definition) is 24. The molecule has 0 saturated carbocycles. The SMILES string of the molecule is CC(N)(C#N)c1ccccc1.C[C@@](N)(C(=O)O)c1ccccc1.C[C@](N)(C(=O)O)c1ccccc1.N#CC(N)c1ccc(F)cc1.N#CC(N)c1ccccc1.N#CC(O)CCc1ccccc1.N#C[C@@H](O)CCc1ccccc1.N#C[C@H](O)CCc1ccccc1.N[C@@H](C(=O)O)c1ccc(F)cc1.N[C@@H](C(=O)O)c1ccccc1.N[C@H](C(=O)O)c1ccc(F)cc1.N[C@H](C(=O)O)c1ccccc1. The van der Waals surface area contributed by atoms with Crippen molar-refractivity contribution in [3.8, 4) is 36.4 Å². The van der Waals surface area contributed by atoms with Gasteiger partial charge in [-0.3, -0.25) is 19.2 Å². The fraction of sp³-hybridized carbons (Fsp3) is 0.200. The third-order valence-corrected chi connectivity index (χ3v) is 18.8. The van der Waals surface area contributed by atoms with Gasteiger partial charge in [-0.25, -0.2) is 22.8 Å². The Kier molecular flexibility index (Phi) is 58.1. The lowest BCUT2D eigenvalue weighted by atomic mass is 9.94. The number of hydrogen-bond donors (Lipinski definition) is 18. The third kappa shape index (κ3) is 50.0. The summed E-state index contributed by atoms with van der Waals surface area (Å²) in [7, 11) is 0. The van der Waals surface area contributed by atoms with E-state index in [4.69, 9.17) is 129 Å². The van der Waals surface area contributed by atoms with Gasteiger partial charge in [0.2, 0.25) is 0 Å². The van der Waals surface area contributed by atoms with Gasteiger partial charge in [-0.05, 0) is 162 Å². The van der Waals surface area contributed by atoms with E-state index in [-0.39, 0.29) is 5.82 Å². The van der Waals surface area contributed by atoms with Crippen molar-refractivity contribution in [1.82, 2.24) is 0 Å². The zero-order chi connectivity index (χ0) is 104. The molecule has 0 heterocycles. The number of nitriles is 6. The van der Waals surface area contributed by atoms with Crippen LogP contribution in [-0.4, -0.2) is 100 Å². The summed E-state index contributed by atoms with van der Waals surface area (Å²) in [6, 6.07) is 105. The summed E-state index contributed by atoms with van der Waals surface area (Å²) >= 11 is 0. The highest BCUT2D eigenvalue weighted by atomic mass is 19.1. The molecule has 0 aromatic heterocycles. The van der Waals surface area contributed by atoms with Crippen molar-refractivity contribution < 1.29 is 87.9 Å². The fourth-order valence-electron chi connectivity index (χ4n) is 10.4. The van der Waals surface area contributed by atoms with Crippen LogP contribution >= 0.6 is 0 Å². The molecule has 33 heteroatoms. The summed E-state index contributed by atoms with van der Waals surface area (Å²) in [5, 5.41) is 129. The number of carbonyl (C=O) groups is 6. The number of nitrogens with zero attached hydrogens (tertiary/aromatic N) is 6. The average Bonchev–Trinajstić information content (AvgIpc) is 0.838. The molecule has 138 heavy (non-hydrogen) atoms. The van der Waals surface area contributed by atoms with Crippen LogP contribution in [0.4, 0.5) is 13.2 Å². The van der Waals surface area contributed by atoms with Crippen LogP contribution < -0.4 is 51.6 Å². The summed E-state index contributed by atoms with van der Waals surface area (Å²) in [6.45, 7) is 4.65. The summed E-state index contributed by atoms with van der Waals surface area (Å²) < 4.78 is 37.1. The molecule has 4 unspecified atom stereocenters. The van der Waals surface area contributed by atoms with Crippen molar-refractivity contribution in [1.29, 1.82) is 31.6 Å². The lowest BCUT2D eigenvalue weighted by Gasteiger charge is -2.18. The normalized spacial score (nSPS) is 13.0. The van der Waals surface area contributed by atoms with Gasteiger partial charge < -0.3 is 97.6 Å². The average molecular weight is 1880 g/mol. The topological polar surface area (TPSA) is 661 Å². The predicted octanol–water partition coefficient (Wildman–Crippen LogP) is 13.7. The van der Waals surface area contributed by atoms with Gasteiger partial charge in [0, 0.05) is 0 Å². The van der Waals surface area contributed by atoms with Gasteiger partial charge in [0.1, 0.15) is 88.6 Å². The van der Waals surface area contributed by atoms with E-state index in [1.165, 1.54) is 86.6 Å². The second kappa shape index (κ2) is 67.0. The molecule has 27 N–H and O–H groups in total. The Hall–Kier alpha value is -16.3. The maximum absolute atomic E-state index is 12.4. The second-order valence-electron chi connectivity index (χ2n) is 29.8. The van der Waals surface area contributed by atoms with Crippen molar-refractivity contribution in [2.45, 2.75) is 130 Å². The summed E-state index contributed by atoms with van der Waals surface area (Å²) in [6.07, 6.45) is 1.34. The van der Waals surface area contributed by atoms with Crippen molar-refractivity contribution >= 4 is 35.8 Å². The van der Waals surface area contributed by atoms with Crippen LogP contribution in [0.2, 0.25) is 0 Å². The molecule has 0 bridgehead atoms. The molecule has 0 amide bonds. The lowest BCUT2D eigenvalue weighted by Crippen LogP contribution is -2.41. The maximum atomic E-state index is 12.4. The van der Waals surface area contributed by atoms with E-state index in [0.717, 1.165) is 47.1 Å². The van der Waals surface area contributed by atoms with Crippen LogP contribution in [0.1, 0.15) is 143 Å². The minimum absolute atomic E-state index is 0.320. The first kappa shape index (κ1) is 120. The van der Waals surface area contributed by atoms with Crippen molar-refractivity contribution in [2.75, 3.05) is 0 Å². The molecule has 12 aromatic carbocycles. The number of nitrogens with two attached hydrogens (primary N) is 9. The highest BCUT2D eigenvalue weighted by molar-refractivity contribution is 5.81. The zero-order valence-electron chi connectivity index (χ0n) is 75.8. The molecule has 0 fully saturated rings. The quantitative estimate of drug-likeness (QED) is 0.0250. The van der Waals surface area contributed by atoms with Gasteiger partial charge in [0.25, 0.3) is 0 Å². The first-order valence-electron chi connectivity index (χ1n) is 41.9. The van der Waals surface area contributed by atoms with Crippen molar-refractivity contribution in [2.24, 2.45) is 51.6 Å². The molecule has 0 aliphatic carbocycles. The molecule has 0 saturated heterocycles. The Balaban J connectivity index is 0.000000753. The molecule has 12 rings (SSSR count). The van der Waals surface area contributed by atoms with E-state index in [9.17, 15) is 41.9 Å². The van der Waals surface area contributed by atoms with E-state index in [1.807, 2.05) is 194 Å². The fourth-order valence-corrected chi connectivity index (χ4v) is 10.4. The minimum Gasteiger partial charge on any atom is -0.480 e. The summed E-state index contributed by atoms with van der Waals surface area (Å²) in [4.78, 5) is 62.9. The van der Waals surface area contributed by atoms with Crippen LogP contribution in [0.15, 0.2) is 346 Å². The number of rotatable bonds is 24. The van der Waals surface area contributed by atoms with Crippen LogP contribution in [0, 0.1) is 85.4 Å². The molecule has 0 aliphatic heterocycles. The molecule has 720 valence electrons. The Morgan fingerprint density at radius 2 is 0.457 bits per heavy atom. The Labute approximate surface area is 799 Å². The molecular weight excluding hydrogens is 1770 g/mol. The maximum Gasteiger partial charge on any atom is 0.328 e. The van der Waals surface area contributed by atoms with E-state index in [0.29, 0.717) is 58.2 Å². The van der Waals surface area contributed by atoms with Crippen LogP contribution in [0.3, 0.4) is 0 Å². The Morgan fingerprint density at radius 1 is 0.275 bits per heavy atom. The number of carboxylic acid groups (broad SMARTS) is 6. The molecule has 12 aromatic rings. The van der Waals surface area contributed by atoms with E-state index >= 15 is 0 Å². The number of aliphatic hydroxyl groups is 3. The van der Waals surface area contributed by atoms with Crippen molar-refractivity contribution in [3.05, 3.63) is 430 Å². The Morgan fingerprint density at radius 3 is 0.652 bits per heavy atom. The summed E-state index contributed by atoms with van der Waals surface area (Å²) in [5.41, 5.74) is 54.5. The molecule has 30 nitrogen and oxygen atoms in total. The first-order chi connectivity index (χ1) is 65.5. The number of benzene rings is 12. The van der Waals surface area contributed by atoms with Crippen LogP contribution in [0.5, 0.6) is 0 Å². The highest BCUT2D eigenvalue weighted by Crippen LogP contribution is 2.21. The Bertz CT molecular complexity index is 5440. The van der Waals surface area contributed by atoms with Gasteiger partial charge in [-0.1, -0.05) is 309 Å². The predicted molar refractivity (Wildman–Crippen MR) is 516 cm³/mol. The largest absolute Gasteiger partial charge is 0.480 e. The summed E-state index contributed by atoms with van der Waals surface area (Å²) in [5.74, 6) is -7.43. The molecular formula is C105H114F3N15O15. The van der Waals surface area contributed by atoms with E-state index in [1.54, 1.807) is 122 Å². The highest BCUT2D eigenvalue weighted by Gasteiger charge is 2.31. The third-order valence-electron chi connectivity index (χ3n) is 18.8. The second-order valence-corrected chi connectivity index (χ2v) is 29.8.